The van der Waals surface area contributed by atoms with Crippen molar-refractivity contribution >= 4 is 80.8 Å². The number of ketones is 1. The Kier molecular flexibility index (Phi) is 4.63. The molecule has 0 amide bonds. The molecule has 0 fully saturated rings. The van der Waals surface area contributed by atoms with Crippen LogP contribution in [0.15, 0.2) is 40.8 Å². The third-order valence-corrected chi connectivity index (χ3v) is 5.57. The van der Waals surface area contributed by atoms with Gasteiger partial charge in [0, 0.05) is 20.1 Å². The van der Waals surface area contributed by atoms with Gasteiger partial charge < -0.3 is 0 Å². The molecule has 1 heterocycles. The first kappa shape index (κ1) is 13.9. The van der Waals surface area contributed by atoms with Gasteiger partial charge in [-0.25, -0.2) is 0 Å². The van der Waals surface area contributed by atoms with E-state index in [4.69, 9.17) is 0 Å². The van der Waals surface area contributed by atoms with Crippen LogP contribution in [0.5, 0.6) is 0 Å². The van der Waals surface area contributed by atoms with Gasteiger partial charge in [0.05, 0.1) is 7.57 Å². The van der Waals surface area contributed by atoms with E-state index >= 15 is 0 Å². The van der Waals surface area contributed by atoms with Crippen molar-refractivity contribution in [3.63, 3.8) is 0 Å². The quantitative estimate of drug-likeness (QED) is 0.457. The molecule has 0 atom stereocenters. The summed E-state index contributed by atoms with van der Waals surface area (Å²) in [5, 5.41) is 0. The molecule has 0 radical (unpaired) electrons. The molecule has 2 aromatic rings. The Balaban J connectivity index is 2.47. The topological polar surface area (TPSA) is 17.1 Å². The van der Waals surface area contributed by atoms with Crippen molar-refractivity contribution in [3.8, 4) is 0 Å². The van der Waals surface area contributed by atoms with Crippen LogP contribution in [0.4, 0.5) is 0 Å². The van der Waals surface area contributed by atoms with Crippen molar-refractivity contribution in [2.45, 2.75) is 0 Å². The number of halogens is 4. The first-order chi connectivity index (χ1) is 7.99. The third-order valence-electron chi connectivity index (χ3n) is 2.08. The molecule has 0 saturated carbocycles. The molecule has 0 N–H and O–H groups in total. The third kappa shape index (κ3) is 3.10. The van der Waals surface area contributed by atoms with Crippen LogP contribution in [0.25, 0.3) is 0 Å². The summed E-state index contributed by atoms with van der Waals surface area (Å²) in [6.45, 7) is 0. The van der Waals surface area contributed by atoms with E-state index in [1.54, 1.807) is 6.07 Å². The second-order valence-electron chi connectivity index (χ2n) is 3.19. The first-order valence-electron chi connectivity index (χ1n) is 4.43. The normalized spacial score (nSPS) is 10.6. The van der Waals surface area contributed by atoms with Crippen LogP contribution in [-0.4, -0.2) is 5.78 Å². The van der Waals surface area contributed by atoms with Crippen molar-refractivity contribution in [2.75, 3.05) is 0 Å². The molecule has 1 aromatic heterocycles. The Hall–Kier alpha value is 0.510. The number of hydrogen-bond acceptors (Lipinski definition) is 2. The Labute approximate surface area is 136 Å². The van der Waals surface area contributed by atoms with Gasteiger partial charge in [0.2, 0.25) is 0 Å². The first-order valence-corrected chi connectivity index (χ1v) is 8.42. The maximum Gasteiger partial charge on any atom is 0.196 e. The lowest BCUT2D eigenvalue weighted by atomic mass is 10.1. The Bertz CT molecular complexity index is 591. The van der Waals surface area contributed by atoms with Crippen LogP contribution >= 0.6 is 75.1 Å². The number of hydrogen-bond donors (Lipinski definition) is 0. The molecule has 1 aromatic carbocycles. The number of thiophene rings is 1. The highest BCUT2D eigenvalue weighted by atomic mass is 79.9. The van der Waals surface area contributed by atoms with Gasteiger partial charge in [0.1, 0.15) is 0 Å². The highest BCUT2D eigenvalue weighted by molar-refractivity contribution is 9.12. The summed E-state index contributed by atoms with van der Waals surface area (Å²) in [5.74, 6) is -0.00167. The molecular formula is C11H4Br4OS. The maximum atomic E-state index is 12.3. The van der Waals surface area contributed by atoms with Crippen LogP contribution in [0, 0.1) is 0 Å². The summed E-state index contributed by atoms with van der Waals surface area (Å²) >= 11 is 15.0. The zero-order valence-electron chi connectivity index (χ0n) is 8.14. The largest absolute Gasteiger partial charge is 0.288 e. The van der Waals surface area contributed by atoms with Crippen LogP contribution in [0.2, 0.25) is 0 Å². The lowest BCUT2D eigenvalue weighted by molar-refractivity contribution is 0.103. The molecular weight excluding hydrogens is 500 g/mol. The van der Waals surface area contributed by atoms with Crippen LogP contribution in [-0.2, 0) is 0 Å². The van der Waals surface area contributed by atoms with Crippen molar-refractivity contribution in [3.05, 3.63) is 51.9 Å². The molecule has 6 heteroatoms. The number of rotatable bonds is 2. The Morgan fingerprint density at radius 2 is 1.71 bits per heavy atom. The average molecular weight is 504 g/mol. The minimum Gasteiger partial charge on any atom is -0.288 e. The maximum absolute atomic E-state index is 12.3. The monoisotopic (exact) mass is 500 g/mol. The van der Waals surface area contributed by atoms with E-state index in [2.05, 4.69) is 63.7 Å². The average Bonchev–Trinajstić information content (AvgIpc) is 2.57. The summed E-state index contributed by atoms with van der Waals surface area (Å²) in [6.07, 6.45) is 0. The molecule has 0 saturated heterocycles. The molecule has 2 rings (SSSR count). The SMILES string of the molecule is O=C(c1ccc(Br)cc1Br)c1cc(Br)sc1Br. The molecule has 1 nitrogen and oxygen atoms in total. The minimum absolute atomic E-state index is 0.00167. The number of carbonyl (C=O) groups is 1. The van der Waals surface area contributed by atoms with Crippen molar-refractivity contribution in [1.29, 1.82) is 0 Å². The zero-order chi connectivity index (χ0) is 12.6. The molecule has 0 aliphatic rings. The fraction of sp³-hybridized carbons (Fsp3) is 0. The molecule has 0 aliphatic heterocycles. The molecule has 0 unspecified atom stereocenters. The van der Waals surface area contributed by atoms with E-state index in [0.29, 0.717) is 11.1 Å². The second kappa shape index (κ2) is 5.65. The fourth-order valence-corrected chi connectivity index (χ4v) is 5.33. The van der Waals surface area contributed by atoms with Gasteiger partial charge in [0.25, 0.3) is 0 Å². The summed E-state index contributed by atoms with van der Waals surface area (Å²) in [5.41, 5.74) is 1.32. The van der Waals surface area contributed by atoms with E-state index < -0.39 is 0 Å². The van der Waals surface area contributed by atoms with Gasteiger partial charge >= 0.3 is 0 Å². The van der Waals surface area contributed by atoms with Gasteiger partial charge in [-0.05, 0) is 72.1 Å². The Morgan fingerprint density at radius 1 is 1.00 bits per heavy atom. The van der Waals surface area contributed by atoms with Gasteiger partial charge in [-0.3, -0.25) is 4.79 Å². The molecule has 88 valence electrons. The van der Waals surface area contributed by atoms with Crippen molar-refractivity contribution in [1.82, 2.24) is 0 Å². The van der Waals surface area contributed by atoms with E-state index in [-0.39, 0.29) is 5.78 Å². The van der Waals surface area contributed by atoms with Gasteiger partial charge in [-0.1, -0.05) is 15.9 Å². The summed E-state index contributed by atoms with van der Waals surface area (Å²) in [4.78, 5) is 12.3. The van der Waals surface area contributed by atoms with Crippen LogP contribution in [0.3, 0.4) is 0 Å². The van der Waals surface area contributed by atoms with E-state index in [9.17, 15) is 4.79 Å². The summed E-state index contributed by atoms with van der Waals surface area (Å²) in [7, 11) is 0. The summed E-state index contributed by atoms with van der Waals surface area (Å²) < 4.78 is 3.49. The van der Waals surface area contributed by atoms with Gasteiger partial charge in [0.15, 0.2) is 5.78 Å². The van der Waals surface area contributed by atoms with E-state index in [1.165, 1.54) is 11.3 Å². The smallest absolute Gasteiger partial charge is 0.196 e. The van der Waals surface area contributed by atoms with Crippen molar-refractivity contribution in [2.24, 2.45) is 0 Å². The fourth-order valence-electron chi connectivity index (χ4n) is 1.31. The zero-order valence-corrected chi connectivity index (χ0v) is 15.3. The van der Waals surface area contributed by atoms with Gasteiger partial charge in [-0.15, -0.1) is 11.3 Å². The molecule has 0 aliphatic carbocycles. The molecule has 0 spiro atoms. The number of benzene rings is 1. The minimum atomic E-state index is -0.00167. The lowest BCUT2D eigenvalue weighted by Crippen LogP contribution is -2.01. The highest BCUT2D eigenvalue weighted by Gasteiger charge is 2.17. The predicted octanol–water partition coefficient (Wildman–Crippen LogP) is 6.03. The van der Waals surface area contributed by atoms with E-state index in [0.717, 1.165) is 16.5 Å². The predicted molar refractivity (Wildman–Crippen MR) is 85.0 cm³/mol. The molecule has 0 bridgehead atoms. The lowest BCUT2D eigenvalue weighted by Gasteiger charge is -2.03. The van der Waals surface area contributed by atoms with Crippen LogP contribution in [0.1, 0.15) is 15.9 Å². The highest BCUT2D eigenvalue weighted by Crippen LogP contribution is 2.34. The van der Waals surface area contributed by atoms with Crippen molar-refractivity contribution < 1.29 is 4.79 Å². The van der Waals surface area contributed by atoms with Crippen LogP contribution < -0.4 is 0 Å². The van der Waals surface area contributed by atoms with E-state index in [1.807, 2.05) is 18.2 Å². The van der Waals surface area contributed by atoms with Gasteiger partial charge in [-0.2, -0.15) is 0 Å². The number of carbonyl (C=O) groups excluding carboxylic acids is 1. The second-order valence-corrected chi connectivity index (χ2v) is 8.71. The Morgan fingerprint density at radius 3 is 2.24 bits per heavy atom. The molecule has 17 heavy (non-hydrogen) atoms. The standard InChI is InChI=1S/C11H4Br4OS/c12-5-1-2-6(8(13)3-5)10(16)7-4-9(14)17-11(7)15/h1-4H. The summed E-state index contributed by atoms with van der Waals surface area (Å²) in [6, 6.07) is 7.34.